The van der Waals surface area contributed by atoms with Crippen LogP contribution in [0.25, 0.3) is 5.69 Å². The van der Waals surface area contributed by atoms with Gasteiger partial charge in [0, 0.05) is 17.8 Å². The van der Waals surface area contributed by atoms with Gasteiger partial charge >= 0.3 is 0 Å². The molecule has 0 radical (unpaired) electrons. The van der Waals surface area contributed by atoms with Gasteiger partial charge in [-0.2, -0.15) is 4.68 Å². The number of carbonyl (C=O) groups is 2. The van der Waals surface area contributed by atoms with Crippen molar-refractivity contribution in [2.45, 2.75) is 13.5 Å². The quantitative estimate of drug-likeness (QED) is 0.449. The van der Waals surface area contributed by atoms with E-state index in [9.17, 15) is 9.59 Å². The Morgan fingerprint density at radius 1 is 1.09 bits per heavy atom. The number of benzene rings is 2. The highest BCUT2D eigenvalue weighted by Crippen LogP contribution is 2.26. The van der Waals surface area contributed by atoms with Crippen LogP contribution < -0.4 is 15.4 Å². The molecule has 0 fully saturated rings. The maximum Gasteiger partial charge on any atom is 0.261 e. The summed E-state index contributed by atoms with van der Waals surface area (Å²) in [6.07, 6.45) is 0. The topological polar surface area (TPSA) is 111 Å². The number of nitrogens with one attached hydrogen (secondary N) is 2. The molecule has 0 bridgehead atoms. The minimum Gasteiger partial charge on any atom is -0.494 e. The monoisotopic (exact) mass is 448 g/mol. The van der Waals surface area contributed by atoms with Crippen LogP contribution in [0.3, 0.4) is 0 Å². The van der Waals surface area contributed by atoms with Crippen molar-refractivity contribution in [2.24, 2.45) is 0 Å². The molecule has 162 valence electrons. The molecule has 2 aromatic carbocycles. The number of thiophene rings is 1. The summed E-state index contributed by atoms with van der Waals surface area (Å²) in [6.45, 7) is 2.15. The van der Waals surface area contributed by atoms with Gasteiger partial charge in [-0.1, -0.05) is 18.2 Å². The highest BCUT2D eigenvalue weighted by Gasteiger charge is 2.13. The Labute approximate surface area is 188 Å². The number of hydrogen-bond acceptors (Lipinski definition) is 7. The van der Waals surface area contributed by atoms with E-state index < -0.39 is 0 Å². The molecule has 0 spiro atoms. The van der Waals surface area contributed by atoms with Crippen molar-refractivity contribution >= 4 is 28.8 Å². The van der Waals surface area contributed by atoms with Crippen molar-refractivity contribution in [1.82, 2.24) is 25.5 Å². The van der Waals surface area contributed by atoms with Crippen LogP contribution in [-0.4, -0.2) is 39.1 Å². The summed E-state index contributed by atoms with van der Waals surface area (Å²) in [5.41, 5.74) is 2.58. The fourth-order valence-corrected chi connectivity index (χ4v) is 3.68. The number of hydrogen-bond donors (Lipinski definition) is 2. The van der Waals surface area contributed by atoms with E-state index in [1.165, 1.54) is 16.0 Å². The van der Waals surface area contributed by atoms with Crippen LogP contribution in [0.5, 0.6) is 5.75 Å². The first-order valence-corrected chi connectivity index (χ1v) is 10.6. The van der Waals surface area contributed by atoms with Crippen LogP contribution in [-0.2, 0) is 6.54 Å². The second-order valence-electron chi connectivity index (χ2n) is 6.84. The number of carbonyl (C=O) groups excluding carboxylic acids is 2. The highest BCUT2D eigenvalue weighted by molar-refractivity contribution is 7.12. The third-order valence-corrected chi connectivity index (χ3v) is 5.57. The molecule has 4 aromatic rings. The molecular weight excluding hydrogens is 428 g/mol. The van der Waals surface area contributed by atoms with Gasteiger partial charge < -0.3 is 15.4 Å². The Morgan fingerprint density at radius 3 is 2.56 bits per heavy atom. The molecule has 0 atom stereocenters. The summed E-state index contributed by atoms with van der Waals surface area (Å²) in [4.78, 5) is 25.4. The second kappa shape index (κ2) is 9.40. The van der Waals surface area contributed by atoms with Crippen LogP contribution in [0.2, 0.25) is 0 Å². The average molecular weight is 449 g/mol. The maximum absolute atomic E-state index is 12.7. The molecule has 2 amide bonds. The SMILES string of the molecule is COc1ccc(NC(=O)c2ccc(CNC(=O)c3cccs3)cc2)cc1-n1nnnc1C. The van der Waals surface area contributed by atoms with E-state index in [0.717, 1.165) is 5.56 Å². The molecule has 10 heteroatoms. The second-order valence-corrected chi connectivity index (χ2v) is 7.78. The Hall–Kier alpha value is -4.05. The predicted molar refractivity (Wildman–Crippen MR) is 120 cm³/mol. The van der Waals surface area contributed by atoms with E-state index in [1.54, 1.807) is 50.4 Å². The van der Waals surface area contributed by atoms with Gasteiger partial charge in [0.05, 0.1) is 12.0 Å². The van der Waals surface area contributed by atoms with E-state index in [4.69, 9.17) is 4.74 Å². The minimum absolute atomic E-state index is 0.116. The zero-order valence-electron chi connectivity index (χ0n) is 17.4. The Balaban J connectivity index is 1.43. The molecule has 2 N–H and O–H groups in total. The number of ether oxygens (including phenoxy) is 1. The highest BCUT2D eigenvalue weighted by atomic mass is 32.1. The summed E-state index contributed by atoms with van der Waals surface area (Å²) in [7, 11) is 1.56. The van der Waals surface area contributed by atoms with Crippen molar-refractivity contribution in [3.05, 3.63) is 81.8 Å². The lowest BCUT2D eigenvalue weighted by Gasteiger charge is -2.12. The predicted octanol–water partition coefficient (Wildman–Crippen LogP) is 3.22. The van der Waals surface area contributed by atoms with Gasteiger partial charge in [-0.05, 0) is 64.7 Å². The first kappa shape index (κ1) is 21.2. The number of amides is 2. The molecule has 0 aliphatic heterocycles. The zero-order valence-corrected chi connectivity index (χ0v) is 18.2. The number of tetrazole rings is 1. The summed E-state index contributed by atoms with van der Waals surface area (Å²) >= 11 is 1.39. The number of aromatic nitrogens is 4. The fourth-order valence-electron chi connectivity index (χ4n) is 3.04. The summed E-state index contributed by atoms with van der Waals surface area (Å²) in [6, 6.07) is 15.9. The van der Waals surface area contributed by atoms with Gasteiger partial charge in [-0.15, -0.1) is 16.4 Å². The smallest absolute Gasteiger partial charge is 0.261 e. The normalized spacial score (nSPS) is 10.6. The molecule has 32 heavy (non-hydrogen) atoms. The number of rotatable bonds is 7. The van der Waals surface area contributed by atoms with Gasteiger partial charge in [0.15, 0.2) is 5.82 Å². The van der Waals surface area contributed by atoms with Crippen LogP contribution >= 0.6 is 11.3 Å². The van der Waals surface area contributed by atoms with Crippen LogP contribution in [0, 0.1) is 6.92 Å². The van der Waals surface area contributed by atoms with E-state index in [-0.39, 0.29) is 11.8 Å². The van der Waals surface area contributed by atoms with Crippen LogP contribution in [0.1, 0.15) is 31.4 Å². The Kier molecular flexibility index (Phi) is 6.22. The van der Waals surface area contributed by atoms with Gasteiger partial charge in [0.2, 0.25) is 0 Å². The Bertz CT molecular complexity index is 1240. The third kappa shape index (κ3) is 4.65. The number of methoxy groups -OCH3 is 1. The molecule has 0 aliphatic carbocycles. The standard InChI is InChI=1S/C22H20N6O3S/c1-14-25-26-27-28(14)18-12-17(9-10-19(18)31-2)24-21(29)16-7-5-15(6-8-16)13-23-22(30)20-4-3-11-32-20/h3-12H,13H2,1-2H3,(H,23,30)(H,24,29). The van der Waals surface area contributed by atoms with Crippen molar-refractivity contribution in [3.8, 4) is 11.4 Å². The fraction of sp³-hybridized carbons (Fsp3) is 0.136. The summed E-state index contributed by atoms with van der Waals surface area (Å²) in [5.74, 6) is 0.791. The van der Waals surface area contributed by atoms with E-state index >= 15 is 0 Å². The van der Waals surface area contributed by atoms with Crippen molar-refractivity contribution in [2.75, 3.05) is 12.4 Å². The largest absolute Gasteiger partial charge is 0.494 e. The molecule has 0 saturated carbocycles. The summed E-state index contributed by atoms with van der Waals surface area (Å²) < 4.78 is 6.92. The molecule has 9 nitrogen and oxygen atoms in total. The number of aryl methyl sites for hydroxylation is 1. The zero-order chi connectivity index (χ0) is 22.5. The number of anilines is 1. The first-order chi connectivity index (χ1) is 15.5. The van der Waals surface area contributed by atoms with Gasteiger partial charge in [-0.25, -0.2) is 0 Å². The number of nitrogens with zero attached hydrogens (tertiary/aromatic N) is 4. The lowest BCUT2D eigenvalue weighted by Crippen LogP contribution is -2.21. The Morgan fingerprint density at radius 2 is 1.91 bits per heavy atom. The summed E-state index contributed by atoms with van der Waals surface area (Å²) in [5, 5.41) is 19.1. The van der Waals surface area contributed by atoms with Gasteiger partial charge in [0.25, 0.3) is 11.8 Å². The van der Waals surface area contributed by atoms with E-state index in [1.807, 2.05) is 23.6 Å². The first-order valence-electron chi connectivity index (χ1n) is 9.70. The van der Waals surface area contributed by atoms with E-state index in [0.29, 0.717) is 39.9 Å². The van der Waals surface area contributed by atoms with Crippen molar-refractivity contribution in [1.29, 1.82) is 0 Å². The lowest BCUT2D eigenvalue weighted by molar-refractivity contribution is 0.0953. The molecular formula is C22H20N6O3S. The van der Waals surface area contributed by atoms with Crippen LogP contribution in [0.15, 0.2) is 60.0 Å². The molecule has 4 rings (SSSR count). The maximum atomic E-state index is 12.7. The van der Waals surface area contributed by atoms with E-state index in [2.05, 4.69) is 26.2 Å². The minimum atomic E-state index is -0.260. The molecule has 2 heterocycles. The van der Waals surface area contributed by atoms with Crippen LogP contribution in [0.4, 0.5) is 5.69 Å². The van der Waals surface area contributed by atoms with Gasteiger partial charge in [0.1, 0.15) is 11.4 Å². The van der Waals surface area contributed by atoms with Crippen molar-refractivity contribution in [3.63, 3.8) is 0 Å². The molecule has 0 unspecified atom stereocenters. The van der Waals surface area contributed by atoms with Gasteiger partial charge in [-0.3, -0.25) is 9.59 Å². The molecule has 0 saturated heterocycles. The third-order valence-electron chi connectivity index (χ3n) is 4.70. The van der Waals surface area contributed by atoms with Crippen molar-refractivity contribution < 1.29 is 14.3 Å². The molecule has 0 aliphatic rings. The lowest BCUT2D eigenvalue weighted by atomic mass is 10.1. The molecule has 2 aromatic heterocycles. The average Bonchev–Trinajstić information content (AvgIpc) is 3.50.